The smallest absolute Gasteiger partial charge is 0.223 e. The van der Waals surface area contributed by atoms with E-state index < -0.39 is 0 Å². The molecule has 4 aliphatic carbocycles. The molecule has 4 aromatic carbocycles. The van der Waals surface area contributed by atoms with Gasteiger partial charge in [0.25, 0.3) is 0 Å². The van der Waals surface area contributed by atoms with E-state index in [1.54, 1.807) is 0 Å². The molecule has 6 heteroatoms. The van der Waals surface area contributed by atoms with E-state index in [-0.39, 0.29) is 45.0 Å². The van der Waals surface area contributed by atoms with E-state index in [1.807, 2.05) is 0 Å². The summed E-state index contributed by atoms with van der Waals surface area (Å²) < 4.78 is 14.4. The Morgan fingerprint density at radius 2 is 1.08 bits per heavy atom. The summed E-state index contributed by atoms with van der Waals surface area (Å²) in [5.41, 5.74) is 7.88. The summed E-state index contributed by atoms with van der Waals surface area (Å²) in [6.45, 7) is 6.42. The highest BCUT2D eigenvalue weighted by Crippen LogP contribution is 2.70. The fraction of sp³-hybridized carbons (Fsp3) is 0.483. The molecule has 2 saturated carbocycles. The average Bonchev–Trinajstić information content (AvgIpc) is 3.99. The molecule has 6 heterocycles. The summed E-state index contributed by atoms with van der Waals surface area (Å²) in [6, 6.07) is 31.6. The molecule has 0 radical (unpaired) electrons. The lowest BCUT2D eigenvalue weighted by molar-refractivity contribution is -0.141. The summed E-state index contributed by atoms with van der Waals surface area (Å²) >= 11 is 0. The molecular formula is C58H62N2O4. The predicted molar refractivity (Wildman–Crippen MR) is 253 cm³/mol. The summed E-state index contributed by atoms with van der Waals surface area (Å²) in [6.07, 6.45) is 24.0. The maximum atomic E-state index is 12.5. The quantitative estimate of drug-likeness (QED) is 0.211. The van der Waals surface area contributed by atoms with Crippen molar-refractivity contribution < 1.29 is 19.1 Å². The number of allylic oxidation sites excluding steroid dienone is 2. The molecule has 2 amide bonds. The molecule has 14 rings (SSSR count). The second-order valence-electron chi connectivity index (χ2n) is 22.2. The molecular weight excluding hydrogens is 789 g/mol. The monoisotopic (exact) mass is 850 g/mol. The Hall–Kier alpha value is -4.78. The zero-order valence-corrected chi connectivity index (χ0v) is 37.6. The van der Waals surface area contributed by atoms with Crippen molar-refractivity contribution >= 4 is 33.4 Å². The van der Waals surface area contributed by atoms with E-state index in [0.29, 0.717) is 43.1 Å². The topological polar surface area (TPSA) is 76.7 Å². The molecule has 4 spiro atoms. The van der Waals surface area contributed by atoms with Crippen LogP contribution in [0.25, 0.3) is 21.5 Å². The van der Waals surface area contributed by atoms with Gasteiger partial charge >= 0.3 is 0 Å². The molecule has 4 aromatic rings. The highest BCUT2D eigenvalue weighted by atomic mass is 16.5. The third-order valence-electron chi connectivity index (χ3n) is 19.4. The molecule has 4 bridgehead atoms. The number of fused-ring (bicyclic) bond motifs is 4. The summed E-state index contributed by atoms with van der Waals surface area (Å²) in [5, 5.41) is 11.6. The number of hydrogen-bond acceptors (Lipinski definition) is 4. The van der Waals surface area contributed by atoms with Crippen LogP contribution in [0.4, 0.5) is 0 Å². The van der Waals surface area contributed by atoms with Crippen LogP contribution in [0, 0.1) is 22.7 Å². The third-order valence-corrected chi connectivity index (χ3v) is 19.4. The number of ether oxygens (including phenoxy) is 2. The molecule has 0 unspecified atom stereocenters. The van der Waals surface area contributed by atoms with Crippen molar-refractivity contribution in [3.63, 3.8) is 0 Å². The first-order valence-corrected chi connectivity index (χ1v) is 24.8. The lowest BCUT2D eigenvalue weighted by atomic mass is 9.58. The fourth-order valence-electron chi connectivity index (χ4n) is 16.3. The number of carbonyl (C=O) groups excluding carboxylic acids is 2. The van der Waals surface area contributed by atoms with Gasteiger partial charge in [-0.05, 0) is 167 Å². The molecule has 6 fully saturated rings. The molecule has 2 N–H and O–H groups in total. The van der Waals surface area contributed by atoms with E-state index >= 15 is 0 Å². The second-order valence-corrected chi connectivity index (χ2v) is 22.2. The van der Waals surface area contributed by atoms with Crippen molar-refractivity contribution in [1.82, 2.24) is 10.6 Å². The van der Waals surface area contributed by atoms with Crippen LogP contribution < -0.4 is 10.6 Å². The van der Waals surface area contributed by atoms with E-state index in [4.69, 9.17) is 9.47 Å². The Bertz CT molecular complexity index is 2780. The van der Waals surface area contributed by atoms with E-state index in [2.05, 4.69) is 134 Å². The van der Waals surface area contributed by atoms with E-state index in [0.717, 1.165) is 57.9 Å². The maximum Gasteiger partial charge on any atom is 0.223 e. The Labute approximate surface area is 378 Å². The maximum absolute atomic E-state index is 12.5. The number of carbonyl (C=O) groups is 2. The van der Waals surface area contributed by atoms with Crippen molar-refractivity contribution in [3.05, 3.63) is 143 Å². The van der Waals surface area contributed by atoms with E-state index in [9.17, 15) is 9.59 Å². The molecule has 10 aliphatic rings. The van der Waals surface area contributed by atoms with Gasteiger partial charge in [-0.1, -0.05) is 123 Å². The number of nitrogens with one attached hydrogen (secondary N) is 2. The standard InChI is InChI=1S/2C29H31NO2/c1-27-13-12-23-17-22-8-11-26(31)30-18-28(22)14-15-29(23,32-28)25(27)10-9-24(27)21-7-6-19-4-2-3-5-20(19)16-21;1-27-12-10-23-17-22-11-15-30-26(31)18-28(22)13-14-29(23,32-28)25(27)9-8-24(27)21-7-6-19-4-2-3-5-20(19)16-21/h2-7,12,16-17,24-25H,8-11,13-15,18H2,1H3,(H,30,31);2-7,10,16-17,24-25H,8-9,11-15,18H2,1H3,(H,30,31)/t2*24-,25-,27-,28-,29-/m11/s1. The Morgan fingerprint density at radius 1 is 0.547 bits per heavy atom. The minimum atomic E-state index is -0.364. The first-order chi connectivity index (χ1) is 31.0. The van der Waals surface area contributed by atoms with Crippen LogP contribution in [-0.4, -0.2) is 47.3 Å². The van der Waals surface area contributed by atoms with Gasteiger partial charge < -0.3 is 20.1 Å². The molecule has 10 atom stereocenters. The minimum Gasteiger partial charge on any atom is -0.359 e. The van der Waals surface area contributed by atoms with Crippen LogP contribution in [0.1, 0.15) is 127 Å². The SMILES string of the molecule is C[C@]12CC=C3C=C4CCC(=O)NC[C@]45CC[C@]3(O5)[C@@H]1CC[C@@H]2c1ccc2ccccc2c1.C[C@]12CC=C3C=C4CCNC(=O)C[C@]45CC[C@]3(O5)[C@@H]1CC[C@@H]2c1ccc2ccccc2c1. The van der Waals surface area contributed by atoms with Crippen LogP contribution in [0.15, 0.2) is 132 Å². The van der Waals surface area contributed by atoms with Gasteiger partial charge in [0.15, 0.2) is 0 Å². The fourth-order valence-corrected chi connectivity index (χ4v) is 16.3. The first kappa shape index (κ1) is 39.6. The summed E-state index contributed by atoms with van der Waals surface area (Å²) in [4.78, 5) is 24.6. The predicted octanol–water partition coefficient (Wildman–Crippen LogP) is 11.6. The van der Waals surface area contributed by atoms with Crippen molar-refractivity contribution in [1.29, 1.82) is 0 Å². The van der Waals surface area contributed by atoms with Crippen molar-refractivity contribution in [2.24, 2.45) is 22.7 Å². The second kappa shape index (κ2) is 13.9. The van der Waals surface area contributed by atoms with Gasteiger partial charge in [-0.2, -0.15) is 0 Å². The van der Waals surface area contributed by atoms with Gasteiger partial charge in [-0.15, -0.1) is 0 Å². The molecule has 6 aliphatic heterocycles. The number of rotatable bonds is 2. The summed E-state index contributed by atoms with van der Waals surface area (Å²) in [7, 11) is 0. The zero-order valence-electron chi connectivity index (χ0n) is 37.6. The number of hydrogen-bond donors (Lipinski definition) is 2. The molecule has 328 valence electrons. The average molecular weight is 851 g/mol. The highest BCUT2D eigenvalue weighted by Gasteiger charge is 2.68. The molecule has 6 nitrogen and oxygen atoms in total. The highest BCUT2D eigenvalue weighted by molar-refractivity contribution is 5.84. The van der Waals surface area contributed by atoms with Gasteiger partial charge in [0.05, 0.1) is 29.8 Å². The molecule has 0 aromatic heterocycles. The Kier molecular flexibility index (Phi) is 8.58. The van der Waals surface area contributed by atoms with Crippen molar-refractivity contribution in [2.75, 3.05) is 13.1 Å². The summed E-state index contributed by atoms with van der Waals surface area (Å²) in [5.74, 6) is 2.46. The lowest BCUT2D eigenvalue weighted by Gasteiger charge is -2.53. The zero-order chi connectivity index (χ0) is 43.1. The van der Waals surface area contributed by atoms with Gasteiger partial charge in [0, 0.05) is 13.0 Å². The van der Waals surface area contributed by atoms with Crippen LogP contribution in [-0.2, 0) is 19.1 Å². The van der Waals surface area contributed by atoms with Crippen LogP contribution >= 0.6 is 0 Å². The first-order valence-electron chi connectivity index (χ1n) is 24.8. The van der Waals surface area contributed by atoms with E-state index in [1.165, 1.54) is 80.6 Å². The van der Waals surface area contributed by atoms with Gasteiger partial charge in [0.1, 0.15) is 5.60 Å². The Morgan fingerprint density at radius 3 is 1.67 bits per heavy atom. The third kappa shape index (κ3) is 5.51. The number of amides is 2. The normalized spacial score (nSPS) is 40.0. The van der Waals surface area contributed by atoms with Crippen LogP contribution in [0.5, 0.6) is 0 Å². The van der Waals surface area contributed by atoms with Crippen molar-refractivity contribution in [2.45, 2.75) is 138 Å². The lowest BCUT2D eigenvalue weighted by Crippen LogP contribution is -2.54. The van der Waals surface area contributed by atoms with Gasteiger partial charge in [-0.3, -0.25) is 9.59 Å². The van der Waals surface area contributed by atoms with Gasteiger partial charge in [0.2, 0.25) is 11.8 Å². The number of benzene rings is 4. The van der Waals surface area contributed by atoms with Crippen LogP contribution in [0.2, 0.25) is 0 Å². The van der Waals surface area contributed by atoms with Crippen molar-refractivity contribution in [3.8, 4) is 0 Å². The molecule has 64 heavy (non-hydrogen) atoms. The van der Waals surface area contributed by atoms with Gasteiger partial charge in [-0.25, -0.2) is 0 Å². The van der Waals surface area contributed by atoms with Crippen LogP contribution in [0.3, 0.4) is 0 Å². The largest absolute Gasteiger partial charge is 0.359 e. The molecule has 4 saturated heterocycles. The Balaban J connectivity index is 0.000000129. The minimum absolute atomic E-state index is 0.150.